The lowest BCUT2D eigenvalue weighted by Gasteiger charge is -2.32. The van der Waals surface area contributed by atoms with Crippen LogP contribution < -0.4 is 5.32 Å². The molecular weight excluding hydrogens is 376 g/mol. The largest absolute Gasteiger partial charge is 0.394 e. The van der Waals surface area contributed by atoms with Gasteiger partial charge in [0.15, 0.2) is 0 Å². The minimum Gasteiger partial charge on any atom is -0.394 e. The van der Waals surface area contributed by atoms with Gasteiger partial charge in [0.2, 0.25) is 0 Å². The van der Waals surface area contributed by atoms with Gasteiger partial charge in [0.25, 0.3) is 0 Å². The van der Waals surface area contributed by atoms with Crippen LogP contribution in [0, 0.1) is 0 Å². The fraction of sp³-hybridized carbons (Fsp3) is 0.762. The first-order valence-electron chi connectivity index (χ1n) is 10.7. The number of urea groups is 1. The van der Waals surface area contributed by atoms with Gasteiger partial charge in [-0.3, -0.25) is 4.90 Å². The monoisotopic (exact) mass is 410 g/mol. The first-order valence-corrected chi connectivity index (χ1v) is 11.6. The molecule has 1 saturated heterocycles. The zero-order valence-electron chi connectivity index (χ0n) is 16.8. The van der Waals surface area contributed by atoms with Crippen LogP contribution in [0.5, 0.6) is 0 Å². The summed E-state index contributed by atoms with van der Waals surface area (Å²) in [5.41, 5.74) is 1.07. The third-order valence-corrected chi connectivity index (χ3v) is 6.90. The minimum absolute atomic E-state index is 0.0206. The fourth-order valence-electron chi connectivity index (χ4n) is 3.97. The van der Waals surface area contributed by atoms with Crippen LogP contribution in [0.3, 0.4) is 0 Å². The molecule has 6 nitrogen and oxygen atoms in total. The highest BCUT2D eigenvalue weighted by Crippen LogP contribution is 2.40. The van der Waals surface area contributed by atoms with E-state index in [2.05, 4.69) is 18.3 Å². The molecule has 158 valence electrons. The molecule has 3 heterocycles. The maximum atomic E-state index is 12.4. The Morgan fingerprint density at radius 2 is 1.93 bits per heavy atom. The van der Waals surface area contributed by atoms with Gasteiger partial charge in [0.05, 0.1) is 12.7 Å². The number of amides is 2. The Hall–Kier alpha value is -1.02. The molecule has 0 saturated carbocycles. The number of ether oxygens (including phenoxy) is 1. The molecule has 3 aliphatic rings. The van der Waals surface area contributed by atoms with E-state index in [4.69, 9.17) is 4.74 Å². The van der Waals surface area contributed by atoms with Crippen molar-refractivity contribution >= 4 is 17.8 Å². The van der Waals surface area contributed by atoms with Gasteiger partial charge in [0, 0.05) is 18.2 Å². The van der Waals surface area contributed by atoms with Crippen molar-refractivity contribution in [3.05, 3.63) is 22.8 Å². The number of allylic oxidation sites excluding steroid dienone is 1. The standard InChI is InChI=1S/C21H34N2O4S/c1-2-3-4-5-6-7-8-9-10-16-11-15-13-23(21(26)22-20(15)28-16)19-12-17(25)18(14-24)27-19/h11,13,17-20,24-25H,2-10,12,14H2,1H3,(H,22,26)/t17-,18+,19+,20?/m0/s1. The number of nitrogens with zero attached hydrogens (tertiary/aromatic N) is 1. The molecule has 0 aromatic carbocycles. The van der Waals surface area contributed by atoms with Crippen LogP contribution in [0.15, 0.2) is 22.8 Å². The topological polar surface area (TPSA) is 82.0 Å². The molecule has 3 rings (SSSR count). The first kappa shape index (κ1) is 21.7. The Kier molecular flexibility index (Phi) is 8.26. The predicted octanol–water partition coefficient (Wildman–Crippen LogP) is 3.85. The molecule has 1 unspecified atom stereocenters. The number of aliphatic hydroxyl groups excluding tert-OH is 2. The summed E-state index contributed by atoms with van der Waals surface area (Å²) in [6.07, 6.45) is 14.0. The number of aliphatic hydroxyl groups is 2. The number of nitrogens with one attached hydrogen (secondary N) is 1. The molecule has 3 N–H and O–H groups in total. The molecule has 0 aliphatic carbocycles. The zero-order chi connectivity index (χ0) is 19.9. The maximum absolute atomic E-state index is 12.4. The van der Waals surface area contributed by atoms with Crippen LogP contribution >= 0.6 is 11.8 Å². The van der Waals surface area contributed by atoms with Crippen LogP contribution in [-0.2, 0) is 4.74 Å². The predicted molar refractivity (Wildman–Crippen MR) is 112 cm³/mol. The van der Waals surface area contributed by atoms with E-state index in [1.54, 1.807) is 11.8 Å². The molecule has 1 fully saturated rings. The van der Waals surface area contributed by atoms with Crippen molar-refractivity contribution in [1.82, 2.24) is 10.2 Å². The van der Waals surface area contributed by atoms with Gasteiger partial charge in [-0.15, -0.1) is 11.8 Å². The van der Waals surface area contributed by atoms with Crippen LogP contribution in [0.1, 0.15) is 71.1 Å². The molecule has 4 atom stereocenters. The van der Waals surface area contributed by atoms with Crippen molar-refractivity contribution in [2.24, 2.45) is 0 Å². The number of thioether (sulfide) groups is 1. The quantitative estimate of drug-likeness (QED) is 0.451. The van der Waals surface area contributed by atoms with E-state index in [0.29, 0.717) is 6.42 Å². The number of fused-ring (bicyclic) bond motifs is 1. The second-order valence-corrected chi connectivity index (χ2v) is 9.17. The lowest BCUT2D eigenvalue weighted by atomic mass is 10.1. The highest BCUT2D eigenvalue weighted by Gasteiger charge is 2.41. The molecule has 0 aromatic heterocycles. The van der Waals surface area contributed by atoms with E-state index in [1.807, 2.05) is 6.20 Å². The van der Waals surface area contributed by atoms with Crippen molar-refractivity contribution in [2.45, 2.75) is 94.9 Å². The third kappa shape index (κ3) is 5.53. The second kappa shape index (κ2) is 10.7. The molecule has 0 aromatic rings. The van der Waals surface area contributed by atoms with Crippen molar-refractivity contribution in [1.29, 1.82) is 0 Å². The Bertz CT molecular complexity index is 595. The minimum atomic E-state index is -0.745. The van der Waals surface area contributed by atoms with Crippen LogP contribution in [-0.4, -0.2) is 51.6 Å². The third-order valence-electron chi connectivity index (χ3n) is 5.65. The number of hydrogen-bond acceptors (Lipinski definition) is 5. The van der Waals surface area contributed by atoms with Gasteiger partial charge in [-0.05, 0) is 23.8 Å². The van der Waals surface area contributed by atoms with E-state index >= 15 is 0 Å². The SMILES string of the molecule is CCCCCCCCCCC1=CC2=CN([C@H]3C[C@H](O)[C@@H](CO)O3)C(=O)NC2S1. The van der Waals surface area contributed by atoms with Crippen LogP contribution in [0.25, 0.3) is 0 Å². The molecular formula is C21H34N2O4S. The molecule has 7 heteroatoms. The second-order valence-electron chi connectivity index (χ2n) is 7.93. The Morgan fingerprint density at radius 1 is 1.21 bits per heavy atom. The highest BCUT2D eigenvalue weighted by atomic mass is 32.2. The van der Waals surface area contributed by atoms with E-state index in [9.17, 15) is 15.0 Å². The number of carbonyl (C=O) groups is 1. The maximum Gasteiger partial charge on any atom is 0.324 e. The van der Waals surface area contributed by atoms with Crippen molar-refractivity contribution in [3.8, 4) is 0 Å². The Labute approximate surface area is 172 Å². The first-order chi connectivity index (χ1) is 13.6. The molecule has 0 bridgehead atoms. The van der Waals surface area contributed by atoms with E-state index < -0.39 is 18.4 Å². The van der Waals surface area contributed by atoms with Gasteiger partial charge >= 0.3 is 6.03 Å². The summed E-state index contributed by atoms with van der Waals surface area (Å²) in [6, 6.07) is -0.209. The lowest BCUT2D eigenvalue weighted by Crippen LogP contribution is -2.49. The smallest absolute Gasteiger partial charge is 0.324 e. The van der Waals surface area contributed by atoms with E-state index in [0.717, 1.165) is 12.0 Å². The Morgan fingerprint density at radius 3 is 2.61 bits per heavy atom. The van der Waals surface area contributed by atoms with Gasteiger partial charge < -0.3 is 20.3 Å². The fourth-order valence-corrected chi connectivity index (χ4v) is 5.16. The van der Waals surface area contributed by atoms with Crippen LogP contribution in [0.2, 0.25) is 0 Å². The average Bonchev–Trinajstić information content (AvgIpc) is 3.25. The summed E-state index contributed by atoms with van der Waals surface area (Å²) >= 11 is 1.73. The number of rotatable bonds is 11. The lowest BCUT2D eigenvalue weighted by molar-refractivity contribution is -0.0541. The van der Waals surface area contributed by atoms with E-state index in [-0.39, 0.29) is 18.0 Å². The summed E-state index contributed by atoms with van der Waals surface area (Å²) in [7, 11) is 0. The molecule has 0 radical (unpaired) electrons. The summed E-state index contributed by atoms with van der Waals surface area (Å²) in [4.78, 5) is 15.3. The summed E-state index contributed by atoms with van der Waals surface area (Å²) < 4.78 is 5.63. The van der Waals surface area contributed by atoms with Crippen molar-refractivity contribution < 1.29 is 19.7 Å². The molecule has 2 amide bonds. The number of unbranched alkanes of at least 4 members (excludes halogenated alkanes) is 7. The number of hydrogen-bond donors (Lipinski definition) is 3. The Balaban J connectivity index is 1.45. The van der Waals surface area contributed by atoms with Gasteiger partial charge in [-0.25, -0.2) is 4.79 Å². The summed E-state index contributed by atoms with van der Waals surface area (Å²) in [5, 5.41) is 22.2. The average molecular weight is 411 g/mol. The molecule has 28 heavy (non-hydrogen) atoms. The van der Waals surface area contributed by atoms with Gasteiger partial charge in [0.1, 0.15) is 17.7 Å². The van der Waals surface area contributed by atoms with Crippen molar-refractivity contribution in [3.63, 3.8) is 0 Å². The highest BCUT2D eigenvalue weighted by molar-refractivity contribution is 8.04. The van der Waals surface area contributed by atoms with Gasteiger partial charge in [-0.1, -0.05) is 51.9 Å². The van der Waals surface area contributed by atoms with Gasteiger partial charge in [-0.2, -0.15) is 0 Å². The van der Waals surface area contributed by atoms with Crippen molar-refractivity contribution in [2.75, 3.05) is 6.61 Å². The van der Waals surface area contributed by atoms with E-state index in [1.165, 1.54) is 61.2 Å². The summed E-state index contributed by atoms with van der Waals surface area (Å²) in [6.45, 7) is 2.00. The molecule has 3 aliphatic heterocycles. The molecule has 0 spiro atoms. The number of carbonyl (C=O) groups excluding carboxylic acids is 1. The normalized spacial score (nSPS) is 29.5. The van der Waals surface area contributed by atoms with Crippen LogP contribution in [0.4, 0.5) is 4.79 Å². The summed E-state index contributed by atoms with van der Waals surface area (Å²) in [5.74, 6) is 0. The zero-order valence-corrected chi connectivity index (χ0v) is 17.6.